The summed E-state index contributed by atoms with van der Waals surface area (Å²) in [7, 11) is 1.71. The van der Waals surface area contributed by atoms with Crippen LogP contribution in [-0.2, 0) is 17.9 Å². The van der Waals surface area contributed by atoms with Gasteiger partial charge in [0.2, 0.25) is 5.91 Å². The average Bonchev–Trinajstić information content (AvgIpc) is 3.20. The maximum absolute atomic E-state index is 12.3. The van der Waals surface area contributed by atoms with Gasteiger partial charge in [-0.25, -0.2) is 4.79 Å². The smallest absolute Gasteiger partial charge is 0.340 e. The monoisotopic (exact) mass is 343 g/mol. The third kappa shape index (κ3) is 3.43. The van der Waals surface area contributed by atoms with E-state index < -0.39 is 5.69 Å². The third-order valence-corrected chi connectivity index (χ3v) is 4.45. The van der Waals surface area contributed by atoms with E-state index >= 15 is 0 Å². The highest BCUT2D eigenvalue weighted by Crippen LogP contribution is 2.10. The van der Waals surface area contributed by atoms with Gasteiger partial charge in [-0.2, -0.15) is 9.36 Å². The zero-order chi connectivity index (χ0) is 17.1. The van der Waals surface area contributed by atoms with E-state index in [0.717, 1.165) is 10.2 Å². The largest absolute Gasteiger partial charge is 0.369 e. The van der Waals surface area contributed by atoms with Gasteiger partial charge in [-0.1, -0.05) is 29.8 Å². The minimum absolute atomic E-state index is 0.132. The fourth-order valence-corrected chi connectivity index (χ4v) is 2.87. The number of rotatable bonds is 5. The van der Waals surface area contributed by atoms with Crippen LogP contribution in [0.25, 0.3) is 5.00 Å². The molecule has 0 unspecified atom stereocenters. The molecule has 0 atom stereocenters. The second-order valence-corrected chi connectivity index (χ2v) is 6.44. The van der Waals surface area contributed by atoms with Crippen molar-refractivity contribution in [1.29, 1.82) is 0 Å². The summed E-state index contributed by atoms with van der Waals surface area (Å²) in [5.41, 5.74) is 1.78. The molecule has 0 saturated heterocycles. The molecular formula is C16H17N5O2S. The maximum Gasteiger partial charge on any atom is 0.369 e. The molecule has 8 heteroatoms. The van der Waals surface area contributed by atoms with Crippen molar-refractivity contribution in [2.75, 3.05) is 7.05 Å². The molecule has 0 spiro atoms. The number of carbonyl (C=O) groups is 1. The first-order valence-corrected chi connectivity index (χ1v) is 8.29. The second-order valence-electron chi connectivity index (χ2n) is 5.52. The highest BCUT2D eigenvalue weighted by atomic mass is 32.1. The number of aryl methyl sites for hydroxylation is 1. The third-order valence-electron chi connectivity index (χ3n) is 3.61. The second kappa shape index (κ2) is 6.79. The standard InChI is InChI=1S/C16H17N5O2S/c1-12-5-7-13(8-6-12)10-19(2)14(22)11-20-16(23)21(18-17-20)15-4-3-9-24-15/h3-9H,10-11H2,1-2H3. The molecule has 2 aromatic heterocycles. The van der Waals surface area contributed by atoms with Crippen LogP contribution in [0.2, 0.25) is 0 Å². The van der Waals surface area contributed by atoms with E-state index in [-0.39, 0.29) is 12.5 Å². The zero-order valence-corrected chi connectivity index (χ0v) is 14.2. The van der Waals surface area contributed by atoms with Crippen LogP contribution < -0.4 is 5.69 Å². The molecule has 0 saturated carbocycles. The van der Waals surface area contributed by atoms with Crippen molar-refractivity contribution < 1.29 is 4.79 Å². The van der Waals surface area contributed by atoms with Crippen molar-refractivity contribution in [2.24, 2.45) is 0 Å². The summed E-state index contributed by atoms with van der Waals surface area (Å²) < 4.78 is 2.27. The van der Waals surface area contributed by atoms with Crippen LogP contribution in [0.4, 0.5) is 0 Å². The Morgan fingerprint density at radius 1 is 1.21 bits per heavy atom. The molecule has 1 amide bonds. The summed E-state index contributed by atoms with van der Waals surface area (Å²) >= 11 is 1.38. The number of nitrogens with zero attached hydrogens (tertiary/aromatic N) is 5. The number of carbonyl (C=O) groups excluding carboxylic acids is 1. The Hall–Kier alpha value is -2.74. The minimum Gasteiger partial charge on any atom is -0.340 e. The molecule has 0 N–H and O–H groups in total. The van der Waals surface area contributed by atoms with E-state index in [1.165, 1.54) is 21.6 Å². The number of thiophene rings is 1. The lowest BCUT2D eigenvalue weighted by Gasteiger charge is -2.16. The number of benzene rings is 1. The molecule has 7 nitrogen and oxygen atoms in total. The molecule has 0 aliphatic carbocycles. The number of tetrazole rings is 1. The summed E-state index contributed by atoms with van der Waals surface area (Å²) in [6, 6.07) is 11.6. The van der Waals surface area contributed by atoms with Gasteiger partial charge in [0.1, 0.15) is 11.5 Å². The van der Waals surface area contributed by atoms with E-state index in [1.54, 1.807) is 18.0 Å². The number of hydrogen-bond donors (Lipinski definition) is 0. The predicted molar refractivity (Wildman–Crippen MR) is 91.1 cm³/mol. The van der Waals surface area contributed by atoms with Gasteiger partial charge in [0.05, 0.1) is 0 Å². The number of amides is 1. The fourth-order valence-electron chi connectivity index (χ4n) is 2.21. The molecule has 0 aliphatic heterocycles. The van der Waals surface area contributed by atoms with Crippen LogP contribution in [0.3, 0.4) is 0 Å². The highest BCUT2D eigenvalue weighted by Gasteiger charge is 2.15. The van der Waals surface area contributed by atoms with Crippen molar-refractivity contribution in [2.45, 2.75) is 20.0 Å². The van der Waals surface area contributed by atoms with Crippen molar-refractivity contribution in [3.8, 4) is 5.00 Å². The Bertz CT molecular complexity index is 880. The molecule has 0 fully saturated rings. The van der Waals surface area contributed by atoms with Gasteiger partial charge in [-0.3, -0.25) is 4.79 Å². The van der Waals surface area contributed by atoms with E-state index in [0.29, 0.717) is 11.5 Å². The molecule has 124 valence electrons. The van der Waals surface area contributed by atoms with Gasteiger partial charge in [0.15, 0.2) is 0 Å². The van der Waals surface area contributed by atoms with Crippen molar-refractivity contribution >= 4 is 17.2 Å². The number of hydrogen-bond acceptors (Lipinski definition) is 5. The average molecular weight is 343 g/mol. The highest BCUT2D eigenvalue weighted by molar-refractivity contribution is 7.12. The van der Waals surface area contributed by atoms with Gasteiger partial charge >= 0.3 is 5.69 Å². The molecule has 24 heavy (non-hydrogen) atoms. The Kier molecular flexibility index (Phi) is 4.57. The molecular weight excluding hydrogens is 326 g/mol. The van der Waals surface area contributed by atoms with Crippen LogP contribution in [0, 0.1) is 6.92 Å². The van der Waals surface area contributed by atoms with Crippen LogP contribution >= 0.6 is 11.3 Å². The molecule has 0 bridgehead atoms. The van der Waals surface area contributed by atoms with E-state index in [9.17, 15) is 9.59 Å². The Balaban J connectivity index is 1.68. The van der Waals surface area contributed by atoms with Crippen molar-refractivity contribution in [1.82, 2.24) is 24.7 Å². The Morgan fingerprint density at radius 3 is 2.62 bits per heavy atom. The minimum atomic E-state index is -0.422. The van der Waals surface area contributed by atoms with Gasteiger partial charge in [-0.15, -0.1) is 11.3 Å². The summed E-state index contributed by atoms with van der Waals surface area (Å²) in [6.07, 6.45) is 0. The molecule has 2 heterocycles. The molecule has 0 aliphatic rings. The Labute approximate surface area is 142 Å². The lowest BCUT2D eigenvalue weighted by atomic mass is 10.1. The summed E-state index contributed by atoms with van der Waals surface area (Å²) in [6.45, 7) is 2.36. The molecule has 3 aromatic rings. The van der Waals surface area contributed by atoms with Crippen molar-refractivity contribution in [3.63, 3.8) is 0 Å². The van der Waals surface area contributed by atoms with E-state index in [1.807, 2.05) is 42.6 Å². The molecule has 3 rings (SSSR count). The van der Waals surface area contributed by atoms with Crippen LogP contribution in [0.15, 0.2) is 46.6 Å². The lowest BCUT2D eigenvalue weighted by Crippen LogP contribution is -2.34. The number of likely N-dealkylation sites (N-methyl/N-ethyl adjacent to an activating group) is 1. The summed E-state index contributed by atoms with van der Waals surface area (Å²) in [5.74, 6) is -0.198. The summed E-state index contributed by atoms with van der Waals surface area (Å²) in [4.78, 5) is 26.2. The molecule has 0 radical (unpaired) electrons. The van der Waals surface area contributed by atoms with Crippen LogP contribution in [0.1, 0.15) is 11.1 Å². The van der Waals surface area contributed by atoms with Gasteiger partial charge in [-0.05, 0) is 40.4 Å². The first-order valence-electron chi connectivity index (χ1n) is 7.41. The topological polar surface area (TPSA) is 73.0 Å². The SMILES string of the molecule is Cc1ccc(CN(C)C(=O)Cn2nnn(-c3cccs3)c2=O)cc1. The first kappa shape index (κ1) is 16.1. The summed E-state index contributed by atoms with van der Waals surface area (Å²) in [5, 5.41) is 10.1. The Morgan fingerprint density at radius 2 is 1.96 bits per heavy atom. The quantitative estimate of drug-likeness (QED) is 0.703. The van der Waals surface area contributed by atoms with Crippen LogP contribution in [-0.4, -0.2) is 37.6 Å². The fraction of sp³-hybridized carbons (Fsp3) is 0.250. The molecule has 1 aromatic carbocycles. The zero-order valence-electron chi connectivity index (χ0n) is 13.4. The lowest BCUT2D eigenvalue weighted by molar-refractivity contribution is -0.131. The van der Waals surface area contributed by atoms with Gasteiger partial charge < -0.3 is 4.90 Å². The van der Waals surface area contributed by atoms with Gasteiger partial charge in [0.25, 0.3) is 0 Å². The van der Waals surface area contributed by atoms with Crippen LogP contribution in [0.5, 0.6) is 0 Å². The van der Waals surface area contributed by atoms with Gasteiger partial charge in [0, 0.05) is 13.6 Å². The van der Waals surface area contributed by atoms with Crippen molar-refractivity contribution in [3.05, 3.63) is 63.4 Å². The number of aromatic nitrogens is 4. The first-order chi connectivity index (χ1) is 11.5. The van der Waals surface area contributed by atoms with E-state index in [4.69, 9.17) is 0 Å². The maximum atomic E-state index is 12.3. The normalized spacial score (nSPS) is 10.8. The predicted octanol–water partition coefficient (Wildman–Crippen LogP) is 1.46. The van der Waals surface area contributed by atoms with E-state index in [2.05, 4.69) is 10.4 Å².